The van der Waals surface area contributed by atoms with Gasteiger partial charge in [-0.2, -0.15) is 0 Å². The van der Waals surface area contributed by atoms with Gasteiger partial charge in [0, 0.05) is 5.02 Å². The second-order valence-corrected chi connectivity index (χ2v) is 6.29. The average molecular weight is 345 g/mol. The van der Waals surface area contributed by atoms with Crippen molar-refractivity contribution >= 4 is 34.8 Å². The number of imidazole rings is 1. The van der Waals surface area contributed by atoms with Crippen LogP contribution in [0.25, 0.3) is 23.2 Å². The number of nitrogens with zero attached hydrogens (tertiary/aromatic N) is 2. The molecule has 0 radical (unpaired) electrons. The van der Waals surface area contributed by atoms with E-state index in [-0.39, 0.29) is 0 Å². The van der Waals surface area contributed by atoms with Crippen LogP contribution in [0, 0.1) is 0 Å². The maximum absolute atomic E-state index is 6.37. The van der Waals surface area contributed by atoms with Crippen molar-refractivity contribution < 1.29 is 0 Å². The fraction of sp³-hybridized carbons (Fsp3) is 0.0455. The fourth-order valence-electron chi connectivity index (χ4n) is 2.92. The highest BCUT2D eigenvalue weighted by molar-refractivity contribution is 6.31. The van der Waals surface area contributed by atoms with Crippen LogP contribution in [0.1, 0.15) is 17.0 Å². The van der Waals surface area contributed by atoms with Crippen LogP contribution in [0.5, 0.6) is 0 Å². The Morgan fingerprint density at radius 3 is 2.36 bits per heavy atom. The lowest BCUT2D eigenvalue weighted by atomic mass is 10.2. The van der Waals surface area contributed by atoms with Gasteiger partial charge < -0.3 is 4.57 Å². The third kappa shape index (κ3) is 3.35. The van der Waals surface area contributed by atoms with Gasteiger partial charge in [-0.15, -0.1) is 0 Å². The Hall–Kier alpha value is -2.84. The van der Waals surface area contributed by atoms with Gasteiger partial charge in [0.1, 0.15) is 5.82 Å². The zero-order valence-electron chi connectivity index (χ0n) is 13.6. The maximum Gasteiger partial charge on any atom is 0.134 e. The molecule has 0 aliphatic heterocycles. The summed E-state index contributed by atoms with van der Waals surface area (Å²) in [6.45, 7) is 0.689. The first-order valence-electron chi connectivity index (χ1n) is 8.23. The average Bonchev–Trinajstić information content (AvgIpc) is 3.00. The largest absolute Gasteiger partial charge is 0.320 e. The normalized spacial score (nSPS) is 11.4. The number of aromatic nitrogens is 2. The molecule has 0 saturated heterocycles. The molecule has 0 amide bonds. The molecule has 0 unspecified atom stereocenters. The van der Waals surface area contributed by atoms with E-state index in [1.54, 1.807) is 0 Å². The number of benzene rings is 3. The number of hydrogen-bond acceptors (Lipinski definition) is 1. The Morgan fingerprint density at radius 2 is 1.52 bits per heavy atom. The molecule has 25 heavy (non-hydrogen) atoms. The van der Waals surface area contributed by atoms with Gasteiger partial charge >= 0.3 is 0 Å². The quantitative estimate of drug-likeness (QED) is 0.450. The van der Waals surface area contributed by atoms with E-state index in [1.165, 1.54) is 0 Å². The molecule has 0 bridgehead atoms. The Bertz CT molecular complexity index is 1030. The molecule has 2 nitrogen and oxygen atoms in total. The smallest absolute Gasteiger partial charge is 0.134 e. The highest BCUT2D eigenvalue weighted by Gasteiger charge is 2.10. The van der Waals surface area contributed by atoms with Gasteiger partial charge in [-0.05, 0) is 35.4 Å². The van der Waals surface area contributed by atoms with Gasteiger partial charge in [-0.3, -0.25) is 0 Å². The van der Waals surface area contributed by atoms with Gasteiger partial charge in [0.2, 0.25) is 0 Å². The number of para-hydroxylation sites is 2. The predicted octanol–water partition coefficient (Wildman–Crippen LogP) is 5.91. The standard InChI is InChI=1S/C22H17ClN2/c23-19-11-5-4-10-18(19)16-25-21-13-7-6-12-20(21)24-22(25)15-14-17-8-2-1-3-9-17/h1-15H,16H2. The summed E-state index contributed by atoms with van der Waals surface area (Å²) in [5.41, 5.74) is 4.33. The summed E-state index contributed by atoms with van der Waals surface area (Å²) in [6.07, 6.45) is 4.15. The molecule has 0 aliphatic carbocycles. The van der Waals surface area contributed by atoms with Crippen LogP contribution in [0.15, 0.2) is 78.9 Å². The van der Waals surface area contributed by atoms with Crippen LogP contribution < -0.4 is 0 Å². The first-order valence-corrected chi connectivity index (χ1v) is 8.61. The molecule has 0 atom stereocenters. The zero-order valence-corrected chi connectivity index (χ0v) is 14.4. The van der Waals surface area contributed by atoms with Crippen molar-refractivity contribution in [3.05, 3.63) is 101 Å². The van der Waals surface area contributed by atoms with Crippen LogP contribution in [-0.2, 0) is 6.54 Å². The fourth-order valence-corrected chi connectivity index (χ4v) is 3.11. The molecule has 4 rings (SSSR count). The predicted molar refractivity (Wildman–Crippen MR) is 106 cm³/mol. The van der Waals surface area contributed by atoms with E-state index < -0.39 is 0 Å². The van der Waals surface area contributed by atoms with Crippen LogP contribution in [-0.4, -0.2) is 9.55 Å². The van der Waals surface area contributed by atoms with Gasteiger partial charge in [0.05, 0.1) is 17.6 Å². The van der Waals surface area contributed by atoms with Gasteiger partial charge in [0.15, 0.2) is 0 Å². The first kappa shape index (κ1) is 15.7. The summed E-state index contributed by atoms with van der Waals surface area (Å²) in [5, 5.41) is 0.776. The number of halogens is 1. The lowest BCUT2D eigenvalue weighted by Gasteiger charge is -2.09. The Balaban J connectivity index is 1.78. The lowest BCUT2D eigenvalue weighted by Crippen LogP contribution is -2.02. The third-order valence-electron chi connectivity index (χ3n) is 4.19. The topological polar surface area (TPSA) is 17.8 Å². The van der Waals surface area contributed by atoms with Crippen LogP contribution >= 0.6 is 11.6 Å². The summed E-state index contributed by atoms with van der Waals surface area (Å²) >= 11 is 6.37. The molecule has 0 saturated carbocycles. The number of rotatable bonds is 4. The molecule has 122 valence electrons. The van der Waals surface area contributed by atoms with E-state index in [4.69, 9.17) is 16.6 Å². The van der Waals surface area contributed by atoms with Crippen LogP contribution in [0.3, 0.4) is 0 Å². The van der Waals surface area contributed by atoms with E-state index >= 15 is 0 Å². The summed E-state index contributed by atoms with van der Waals surface area (Å²) in [6, 6.07) is 26.4. The molecular weight excluding hydrogens is 328 g/mol. The molecule has 3 heteroatoms. The molecule has 3 aromatic carbocycles. The molecule has 0 aliphatic rings. The van der Waals surface area contributed by atoms with Crippen molar-refractivity contribution in [2.45, 2.75) is 6.54 Å². The summed E-state index contributed by atoms with van der Waals surface area (Å²) < 4.78 is 2.20. The van der Waals surface area contributed by atoms with E-state index in [2.05, 4.69) is 41.0 Å². The second kappa shape index (κ2) is 6.96. The first-order chi connectivity index (χ1) is 12.3. The Labute approximate surface area is 152 Å². The summed E-state index contributed by atoms with van der Waals surface area (Å²) in [5.74, 6) is 0.921. The number of hydrogen-bond donors (Lipinski definition) is 0. The molecule has 4 aromatic rings. The third-order valence-corrected chi connectivity index (χ3v) is 4.56. The molecular formula is C22H17ClN2. The molecule has 1 heterocycles. The van der Waals surface area contributed by atoms with Crippen LogP contribution in [0.2, 0.25) is 5.02 Å². The number of fused-ring (bicyclic) bond motifs is 1. The molecule has 1 aromatic heterocycles. The maximum atomic E-state index is 6.37. The zero-order chi connectivity index (χ0) is 17.1. The van der Waals surface area contributed by atoms with Gasteiger partial charge in [0.25, 0.3) is 0 Å². The Kier molecular flexibility index (Phi) is 4.36. The van der Waals surface area contributed by atoms with E-state index in [0.29, 0.717) is 6.54 Å². The minimum Gasteiger partial charge on any atom is -0.320 e. The minimum atomic E-state index is 0.689. The summed E-state index contributed by atoms with van der Waals surface area (Å²) in [7, 11) is 0. The van der Waals surface area contributed by atoms with E-state index in [0.717, 1.165) is 33.0 Å². The van der Waals surface area contributed by atoms with Gasteiger partial charge in [-0.25, -0.2) is 4.98 Å². The molecule has 0 N–H and O–H groups in total. The van der Waals surface area contributed by atoms with Crippen molar-refractivity contribution in [3.63, 3.8) is 0 Å². The second-order valence-electron chi connectivity index (χ2n) is 5.88. The van der Waals surface area contributed by atoms with Crippen molar-refractivity contribution in [3.8, 4) is 0 Å². The molecule has 0 fully saturated rings. The SMILES string of the molecule is Clc1ccccc1Cn1c(C=Cc2ccccc2)nc2ccccc21. The highest BCUT2D eigenvalue weighted by atomic mass is 35.5. The van der Waals surface area contributed by atoms with Crippen molar-refractivity contribution in [1.82, 2.24) is 9.55 Å². The van der Waals surface area contributed by atoms with E-state index in [9.17, 15) is 0 Å². The van der Waals surface area contributed by atoms with Crippen LogP contribution in [0.4, 0.5) is 0 Å². The highest BCUT2D eigenvalue weighted by Crippen LogP contribution is 2.22. The van der Waals surface area contributed by atoms with Crippen molar-refractivity contribution in [2.75, 3.05) is 0 Å². The molecule has 0 spiro atoms. The van der Waals surface area contributed by atoms with Crippen molar-refractivity contribution in [2.24, 2.45) is 0 Å². The van der Waals surface area contributed by atoms with Gasteiger partial charge in [-0.1, -0.05) is 78.3 Å². The lowest BCUT2D eigenvalue weighted by molar-refractivity contribution is 0.814. The monoisotopic (exact) mass is 344 g/mol. The Morgan fingerprint density at radius 1 is 0.800 bits per heavy atom. The van der Waals surface area contributed by atoms with E-state index in [1.807, 2.05) is 54.6 Å². The minimum absolute atomic E-state index is 0.689. The van der Waals surface area contributed by atoms with Crippen molar-refractivity contribution in [1.29, 1.82) is 0 Å². The summed E-state index contributed by atoms with van der Waals surface area (Å²) in [4.78, 5) is 4.79.